The number of nitrogens with zero attached hydrogens (tertiary/aromatic N) is 5. The first-order valence-electron chi connectivity index (χ1n) is 13.7. The van der Waals surface area contributed by atoms with Crippen molar-refractivity contribution >= 4 is 39.6 Å². The number of amides is 2. The van der Waals surface area contributed by atoms with E-state index in [-0.39, 0.29) is 56.1 Å². The Bertz CT molecular complexity index is 1820. The molecule has 4 aromatic rings. The van der Waals surface area contributed by atoms with Gasteiger partial charge < -0.3 is 24.4 Å². The van der Waals surface area contributed by atoms with Crippen LogP contribution in [0, 0.1) is 0 Å². The number of nitrogens with one attached hydrogen (secondary N) is 1. The lowest BCUT2D eigenvalue weighted by atomic mass is 9.99. The molecule has 2 amide bonds. The molecule has 1 fully saturated rings. The number of urea groups is 1. The highest BCUT2D eigenvalue weighted by Crippen LogP contribution is 2.40. The van der Waals surface area contributed by atoms with Crippen LogP contribution >= 0.6 is 0 Å². The van der Waals surface area contributed by atoms with Gasteiger partial charge in [-0.1, -0.05) is 6.07 Å². The lowest BCUT2D eigenvalue weighted by Gasteiger charge is -2.30. The number of halogens is 5. The number of aromatic nitrogens is 3. The Balaban J connectivity index is 1.35. The zero-order valence-corrected chi connectivity index (χ0v) is 22.6. The summed E-state index contributed by atoms with van der Waals surface area (Å²) in [5, 5.41) is 3.35. The summed E-state index contributed by atoms with van der Waals surface area (Å²) in [5.74, 6) is -3.46. The molecule has 0 radical (unpaired) electrons. The van der Waals surface area contributed by atoms with Gasteiger partial charge in [-0.05, 0) is 29.8 Å². The largest absolute Gasteiger partial charge is 0.416 e. The number of Topliss-reactive ketones (excluding diaryl/α,β-unsaturated/α-hetero) is 1. The summed E-state index contributed by atoms with van der Waals surface area (Å²) in [6.07, 6.45) is 0.298. The SMILES string of the molecule is O=C1CNC(c2cn3c4c(cc(C(F)(F)F)cc24)CN(C(=O)N2CCOCC(F)(F)C2)CC3)=C1c1cnc2ccccn12. The number of fused-ring (bicyclic) bond motifs is 1. The Kier molecular flexibility index (Phi) is 6.24. The number of ketones is 1. The monoisotopic (exact) mass is 600 g/mol. The van der Waals surface area contributed by atoms with Crippen molar-refractivity contribution in [1.82, 2.24) is 29.1 Å². The first kappa shape index (κ1) is 27.4. The summed E-state index contributed by atoms with van der Waals surface area (Å²) in [4.78, 5) is 33.2. The Morgan fingerprint density at radius 1 is 1.09 bits per heavy atom. The molecule has 1 N–H and O–H groups in total. The van der Waals surface area contributed by atoms with Crippen LogP contribution in [0.1, 0.15) is 22.4 Å². The third-order valence-electron chi connectivity index (χ3n) is 8.03. The van der Waals surface area contributed by atoms with Gasteiger partial charge in [0.15, 0.2) is 5.78 Å². The normalized spacial score (nSPS) is 19.2. The molecule has 3 aliphatic heterocycles. The fourth-order valence-corrected chi connectivity index (χ4v) is 6.13. The summed E-state index contributed by atoms with van der Waals surface area (Å²) in [6.45, 7) is -1.73. The van der Waals surface area contributed by atoms with Crippen LogP contribution < -0.4 is 5.32 Å². The molecule has 0 unspecified atom stereocenters. The highest BCUT2D eigenvalue weighted by Gasteiger charge is 2.39. The smallest absolute Gasteiger partial charge is 0.376 e. The van der Waals surface area contributed by atoms with E-state index >= 15 is 0 Å². The van der Waals surface area contributed by atoms with Gasteiger partial charge >= 0.3 is 12.2 Å². The summed E-state index contributed by atoms with van der Waals surface area (Å²) in [7, 11) is 0. The second kappa shape index (κ2) is 9.79. The lowest BCUT2D eigenvalue weighted by molar-refractivity contribution is -0.137. The van der Waals surface area contributed by atoms with E-state index in [9.17, 15) is 31.5 Å². The van der Waals surface area contributed by atoms with E-state index in [1.807, 2.05) is 6.07 Å². The third-order valence-corrected chi connectivity index (χ3v) is 8.03. The molecular formula is C29H25F5N6O3. The number of ether oxygens (including phenoxy) is 1. The zero-order chi connectivity index (χ0) is 30.1. The van der Waals surface area contributed by atoms with Crippen molar-refractivity contribution in [3.05, 3.63) is 71.3 Å². The fourth-order valence-electron chi connectivity index (χ4n) is 6.13. The minimum absolute atomic E-state index is 0.0321. The number of alkyl halides is 5. The summed E-state index contributed by atoms with van der Waals surface area (Å²) in [5.41, 5.74) is 2.03. The van der Waals surface area contributed by atoms with Crippen molar-refractivity contribution in [2.24, 2.45) is 0 Å². The molecule has 1 aromatic carbocycles. The summed E-state index contributed by atoms with van der Waals surface area (Å²) in [6, 6.07) is 6.74. The van der Waals surface area contributed by atoms with Crippen LogP contribution in [0.3, 0.4) is 0 Å². The van der Waals surface area contributed by atoms with Crippen molar-refractivity contribution in [1.29, 1.82) is 0 Å². The Morgan fingerprint density at radius 3 is 2.74 bits per heavy atom. The number of hydrogen-bond donors (Lipinski definition) is 1. The van der Waals surface area contributed by atoms with E-state index in [2.05, 4.69) is 10.3 Å². The molecule has 0 saturated carbocycles. The Morgan fingerprint density at radius 2 is 1.93 bits per heavy atom. The molecule has 0 spiro atoms. The van der Waals surface area contributed by atoms with Crippen LogP contribution in [0.5, 0.6) is 0 Å². The molecule has 43 heavy (non-hydrogen) atoms. The zero-order valence-electron chi connectivity index (χ0n) is 22.6. The number of carbonyl (C=O) groups is 2. The van der Waals surface area contributed by atoms with E-state index in [0.29, 0.717) is 33.7 Å². The molecular weight excluding hydrogens is 575 g/mol. The molecule has 1 saturated heterocycles. The van der Waals surface area contributed by atoms with Gasteiger partial charge in [0.1, 0.15) is 12.3 Å². The maximum absolute atomic E-state index is 14.2. The van der Waals surface area contributed by atoms with Crippen LogP contribution in [0.4, 0.5) is 26.7 Å². The fraction of sp³-hybridized carbons (Fsp3) is 0.345. The average molecular weight is 601 g/mol. The maximum atomic E-state index is 14.2. The van der Waals surface area contributed by atoms with Crippen LogP contribution in [0.15, 0.2) is 48.9 Å². The first-order chi connectivity index (χ1) is 20.5. The standard InChI is InChI=1S/C29H25F5N6O3/c30-28(31)15-39(7-8-43-16-28)27(42)38-6-5-37-14-20(19-10-18(29(32,33)34)9-17(13-38)26(19)37)25-24(22(41)12-36-25)21-11-35-23-3-1-2-4-40(21)23/h1-4,9-11,14,36H,5-8,12-13,15-16H2. The Hall–Kier alpha value is -4.46. The van der Waals surface area contributed by atoms with Gasteiger partial charge in [0.05, 0.1) is 53.9 Å². The molecule has 0 aliphatic carbocycles. The number of imidazole rings is 1. The molecule has 3 aliphatic rings. The molecule has 6 heterocycles. The molecule has 14 heteroatoms. The quantitative estimate of drug-likeness (QED) is 0.348. The van der Waals surface area contributed by atoms with E-state index in [1.165, 1.54) is 4.90 Å². The molecule has 7 rings (SSSR count). The van der Waals surface area contributed by atoms with E-state index in [1.54, 1.807) is 39.7 Å². The first-order valence-corrected chi connectivity index (χ1v) is 13.7. The number of carbonyl (C=O) groups excluding carboxylic acids is 2. The van der Waals surface area contributed by atoms with Crippen molar-refractivity contribution < 1.29 is 36.3 Å². The predicted octanol–water partition coefficient (Wildman–Crippen LogP) is 4.25. The van der Waals surface area contributed by atoms with Crippen molar-refractivity contribution in [3.63, 3.8) is 0 Å². The van der Waals surface area contributed by atoms with Crippen molar-refractivity contribution in [3.8, 4) is 0 Å². The second-order valence-corrected chi connectivity index (χ2v) is 10.9. The predicted molar refractivity (Wildman–Crippen MR) is 145 cm³/mol. The lowest BCUT2D eigenvalue weighted by Crippen LogP contribution is -2.48. The van der Waals surface area contributed by atoms with Gasteiger partial charge in [0.25, 0.3) is 5.92 Å². The minimum Gasteiger partial charge on any atom is -0.376 e. The molecule has 9 nitrogen and oxygen atoms in total. The summed E-state index contributed by atoms with van der Waals surface area (Å²) < 4.78 is 79.4. The number of rotatable bonds is 2. The van der Waals surface area contributed by atoms with Crippen LogP contribution in [-0.2, 0) is 28.8 Å². The van der Waals surface area contributed by atoms with Crippen molar-refractivity contribution in [2.45, 2.75) is 25.2 Å². The average Bonchev–Trinajstić information content (AvgIpc) is 3.57. The van der Waals surface area contributed by atoms with Crippen LogP contribution in [0.2, 0.25) is 0 Å². The third kappa shape index (κ3) is 4.69. The molecule has 0 bridgehead atoms. The number of benzene rings is 1. The van der Waals surface area contributed by atoms with Gasteiger partial charge in [0.2, 0.25) is 0 Å². The van der Waals surface area contributed by atoms with Gasteiger partial charge in [-0.15, -0.1) is 0 Å². The highest BCUT2D eigenvalue weighted by atomic mass is 19.4. The van der Waals surface area contributed by atoms with Crippen molar-refractivity contribution in [2.75, 3.05) is 39.4 Å². The second-order valence-electron chi connectivity index (χ2n) is 10.9. The molecule has 224 valence electrons. The van der Waals surface area contributed by atoms with Crippen LogP contribution in [0.25, 0.3) is 27.8 Å². The van der Waals surface area contributed by atoms with Crippen LogP contribution in [-0.4, -0.2) is 80.9 Å². The number of pyridine rings is 1. The van der Waals surface area contributed by atoms with Gasteiger partial charge in [0, 0.05) is 49.5 Å². The van der Waals surface area contributed by atoms with Gasteiger partial charge in [-0.2, -0.15) is 13.2 Å². The maximum Gasteiger partial charge on any atom is 0.416 e. The number of hydrogen-bond acceptors (Lipinski definition) is 5. The van der Waals surface area contributed by atoms with Gasteiger partial charge in [-0.3, -0.25) is 9.20 Å². The highest BCUT2D eigenvalue weighted by molar-refractivity contribution is 6.32. The molecule has 0 atom stereocenters. The molecule has 3 aromatic heterocycles. The van der Waals surface area contributed by atoms with E-state index < -0.39 is 36.8 Å². The van der Waals surface area contributed by atoms with Gasteiger partial charge in [-0.25, -0.2) is 18.6 Å². The Labute approximate surface area is 241 Å². The van der Waals surface area contributed by atoms with E-state index in [4.69, 9.17) is 4.74 Å². The van der Waals surface area contributed by atoms with E-state index in [0.717, 1.165) is 17.0 Å². The summed E-state index contributed by atoms with van der Waals surface area (Å²) >= 11 is 0. The topological polar surface area (TPSA) is 84.1 Å². The minimum atomic E-state index is -4.70.